The summed E-state index contributed by atoms with van der Waals surface area (Å²) in [6.45, 7) is 5.49. The zero-order valence-electron chi connectivity index (χ0n) is 10.5. The SMILES string of the molecule is CC(C)(C)OC(=O)NCC#Cc1c[nH]c(=O)cn1. The van der Waals surface area contributed by atoms with Crippen LogP contribution < -0.4 is 10.9 Å². The summed E-state index contributed by atoms with van der Waals surface area (Å²) >= 11 is 0. The molecule has 6 nitrogen and oxygen atoms in total. The van der Waals surface area contributed by atoms with Crippen LogP contribution in [0.5, 0.6) is 0 Å². The summed E-state index contributed by atoms with van der Waals surface area (Å²) < 4.78 is 5.02. The molecule has 6 heteroatoms. The second-order valence-electron chi connectivity index (χ2n) is 4.45. The third kappa shape index (κ3) is 5.70. The Bertz CT molecular complexity index is 511. The Morgan fingerprint density at radius 2 is 2.28 bits per heavy atom. The summed E-state index contributed by atoms with van der Waals surface area (Å²) in [7, 11) is 0. The zero-order valence-corrected chi connectivity index (χ0v) is 10.5. The van der Waals surface area contributed by atoms with Crippen molar-refractivity contribution in [2.45, 2.75) is 26.4 Å². The van der Waals surface area contributed by atoms with Crippen molar-refractivity contribution in [3.8, 4) is 11.8 Å². The van der Waals surface area contributed by atoms with E-state index >= 15 is 0 Å². The molecule has 1 rings (SSSR count). The molecular formula is C12H15N3O3. The van der Waals surface area contributed by atoms with Crippen molar-refractivity contribution >= 4 is 6.09 Å². The zero-order chi connectivity index (χ0) is 13.6. The number of aromatic amines is 1. The van der Waals surface area contributed by atoms with E-state index in [0.29, 0.717) is 5.69 Å². The maximum atomic E-state index is 11.3. The van der Waals surface area contributed by atoms with Gasteiger partial charge in [0.25, 0.3) is 5.56 Å². The summed E-state index contributed by atoms with van der Waals surface area (Å²) in [6, 6.07) is 0. The highest BCUT2D eigenvalue weighted by atomic mass is 16.6. The van der Waals surface area contributed by atoms with Crippen LogP contribution in [0.4, 0.5) is 4.79 Å². The van der Waals surface area contributed by atoms with Crippen LogP contribution in [-0.2, 0) is 4.74 Å². The van der Waals surface area contributed by atoms with E-state index in [2.05, 4.69) is 27.1 Å². The molecule has 0 radical (unpaired) electrons. The lowest BCUT2D eigenvalue weighted by Gasteiger charge is -2.18. The van der Waals surface area contributed by atoms with Crippen molar-refractivity contribution in [3.05, 3.63) is 28.4 Å². The summed E-state index contributed by atoms with van der Waals surface area (Å²) in [5, 5.41) is 2.49. The Hall–Kier alpha value is -2.29. The first-order valence-corrected chi connectivity index (χ1v) is 5.37. The summed E-state index contributed by atoms with van der Waals surface area (Å²) in [5.74, 6) is 5.38. The van der Waals surface area contributed by atoms with Crippen molar-refractivity contribution in [1.29, 1.82) is 0 Å². The number of nitrogens with zero attached hydrogens (tertiary/aromatic N) is 1. The standard InChI is InChI=1S/C12H15N3O3/c1-12(2,3)18-11(17)13-6-4-5-9-7-15-10(16)8-14-9/h7-8H,6H2,1-3H3,(H,13,17)(H,15,16). The van der Waals surface area contributed by atoms with Crippen LogP contribution in [0, 0.1) is 11.8 Å². The highest BCUT2D eigenvalue weighted by Crippen LogP contribution is 2.05. The van der Waals surface area contributed by atoms with E-state index < -0.39 is 11.7 Å². The molecule has 2 N–H and O–H groups in total. The molecule has 0 unspecified atom stereocenters. The molecule has 0 aliphatic heterocycles. The smallest absolute Gasteiger partial charge is 0.408 e. The minimum absolute atomic E-state index is 0.149. The first kappa shape index (κ1) is 13.8. The van der Waals surface area contributed by atoms with Crippen LogP contribution in [0.3, 0.4) is 0 Å². The molecule has 1 amide bonds. The number of rotatable bonds is 1. The fraction of sp³-hybridized carbons (Fsp3) is 0.417. The van der Waals surface area contributed by atoms with E-state index in [4.69, 9.17) is 4.74 Å². The molecule has 0 saturated carbocycles. The predicted octanol–water partition coefficient (Wildman–Crippen LogP) is 0.646. The van der Waals surface area contributed by atoms with Crippen molar-refractivity contribution in [2.75, 3.05) is 6.54 Å². The highest BCUT2D eigenvalue weighted by molar-refractivity contribution is 5.68. The van der Waals surface area contributed by atoms with Crippen LogP contribution in [0.15, 0.2) is 17.2 Å². The molecule has 0 aliphatic carbocycles. The molecule has 96 valence electrons. The van der Waals surface area contributed by atoms with Crippen LogP contribution in [0.2, 0.25) is 0 Å². The van der Waals surface area contributed by atoms with Crippen molar-refractivity contribution in [3.63, 3.8) is 0 Å². The van der Waals surface area contributed by atoms with E-state index in [9.17, 15) is 9.59 Å². The predicted molar refractivity (Wildman–Crippen MR) is 66.0 cm³/mol. The third-order valence-electron chi connectivity index (χ3n) is 1.61. The lowest BCUT2D eigenvalue weighted by molar-refractivity contribution is 0.0535. The second-order valence-corrected chi connectivity index (χ2v) is 4.45. The monoisotopic (exact) mass is 249 g/mol. The first-order chi connectivity index (χ1) is 8.37. The Morgan fingerprint density at radius 1 is 1.56 bits per heavy atom. The van der Waals surface area contributed by atoms with Gasteiger partial charge in [0.2, 0.25) is 0 Å². The van der Waals surface area contributed by atoms with Gasteiger partial charge in [0.1, 0.15) is 11.3 Å². The number of hydrogen-bond acceptors (Lipinski definition) is 4. The Morgan fingerprint density at radius 3 is 2.83 bits per heavy atom. The largest absolute Gasteiger partial charge is 0.444 e. The quantitative estimate of drug-likeness (QED) is 0.715. The van der Waals surface area contributed by atoms with Gasteiger partial charge < -0.3 is 15.0 Å². The highest BCUT2D eigenvalue weighted by Gasteiger charge is 2.14. The van der Waals surface area contributed by atoms with Gasteiger partial charge in [-0.1, -0.05) is 5.92 Å². The summed E-state index contributed by atoms with van der Waals surface area (Å²) in [4.78, 5) is 28.2. The molecule has 0 aliphatic rings. The third-order valence-corrected chi connectivity index (χ3v) is 1.61. The van der Waals surface area contributed by atoms with E-state index in [0.717, 1.165) is 6.20 Å². The minimum Gasteiger partial charge on any atom is -0.444 e. The maximum absolute atomic E-state index is 11.3. The van der Waals surface area contributed by atoms with Crippen LogP contribution >= 0.6 is 0 Å². The second kappa shape index (κ2) is 5.87. The van der Waals surface area contributed by atoms with Crippen molar-refractivity contribution < 1.29 is 9.53 Å². The molecule has 0 atom stereocenters. The Balaban J connectivity index is 2.41. The van der Waals surface area contributed by atoms with Gasteiger partial charge in [-0.2, -0.15) is 0 Å². The molecule has 0 spiro atoms. The van der Waals surface area contributed by atoms with E-state index in [-0.39, 0.29) is 12.1 Å². The number of alkyl carbamates (subject to hydrolysis) is 1. The molecule has 0 fully saturated rings. The normalized spacial score (nSPS) is 10.2. The van der Waals surface area contributed by atoms with Gasteiger partial charge in [-0.25, -0.2) is 9.78 Å². The molecule has 0 saturated heterocycles. The van der Waals surface area contributed by atoms with Gasteiger partial charge in [-0.3, -0.25) is 4.79 Å². The van der Waals surface area contributed by atoms with Crippen molar-refractivity contribution in [1.82, 2.24) is 15.3 Å². The van der Waals surface area contributed by atoms with E-state index in [1.807, 2.05) is 0 Å². The minimum atomic E-state index is -0.530. The number of nitrogens with one attached hydrogen (secondary N) is 2. The number of ether oxygens (including phenoxy) is 1. The molecule has 0 aromatic carbocycles. The van der Waals surface area contributed by atoms with Gasteiger partial charge in [-0.05, 0) is 26.7 Å². The Labute approximate surface area is 105 Å². The van der Waals surface area contributed by atoms with Gasteiger partial charge in [-0.15, -0.1) is 0 Å². The lowest BCUT2D eigenvalue weighted by Crippen LogP contribution is -2.32. The molecule has 1 heterocycles. The van der Waals surface area contributed by atoms with Crippen LogP contribution in [0.1, 0.15) is 26.5 Å². The molecule has 1 aromatic heterocycles. The van der Waals surface area contributed by atoms with Gasteiger partial charge >= 0.3 is 6.09 Å². The van der Waals surface area contributed by atoms with Gasteiger partial charge in [0.15, 0.2) is 0 Å². The summed E-state index contributed by atoms with van der Waals surface area (Å²) in [5.41, 5.74) is -0.383. The number of hydrogen-bond donors (Lipinski definition) is 2. The van der Waals surface area contributed by atoms with Gasteiger partial charge in [0.05, 0.1) is 12.7 Å². The maximum Gasteiger partial charge on any atom is 0.408 e. The fourth-order valence-corrected chi connectivity index (χ4v) is 0.976. The fourth-order valence-electron chi connectivity index (χ4n) is 0.976. The Kier molecular flexibility index (Phi) is 4.49. The average Bonchev–Trinajstić information content (AvgIpc) is 2.24. The van der Waals surface area contributed by atoms with Crippen molar-refractivity contribution in [2.24, 2.45) is 0 Å². The number of carbonyl (C=O) groups excluding carboxylic acids is 1. The van der Waals surface area contributed by atoms with E-state index in [1.165, 1.54) is 6.20 Å². The van der Waals surface area contributed by atoms with Gasteiger partial charge in [0, 0.05) is 6.20 Å². The van der Waals surface area contributed by atoms with Crippen LogP contribution in [-0.4, -0.2) is 28.2 Å². The number of aromatic nitrogens is 2. The molecule has 18 heavy (non-hydrogen) atoms. The van der Waals surface area contributed by atoms with E-state index in [1.54, 1.807) is 20.8 Å². The molecule has 0 bridgehead atoms. The average molecular weight is 249 g/mol. The first-order valence-electron chi connectivity index (χ1n) is 5.37. The number of amides is 1. The number of carbonyl (C=O) groups is 1. The molecular weight excluding hydrogens is 234 g/mol. The summed E-state index contributed by atoms with van der Waals surface area (Å²) in [6.07, 6.45) is 2.03. The van der Waals surface area contributed by atoms with Crippen LogP contribution in [0.25, 0.3) is 0 Å². The molecule has 1 aromatic rings. The number of H-pyrrole nitrogens is 1. The topological polar surface area (TPSA) is 84.1 Å². The lowest BCUT2D eigenvalue weighted by atomic mass is 10.2.